The highest BCUT2D eigenvalue weighted by Crippen LogP contribution is 2.32. The van der Waals surface area contributed by atoms with E-state index in [2.05, 4.69) is 15.0 Å². The molecule has 1 atom stereocenters. The van der Waals surface area contributed by atoms with Crippen molar-refractivity contribution >= 4 is 21.6 Å². The predicted octanol–water partition coefficient (Wildman–Crippen LogP) is 2.45. The van der Waals surface area contributed by atoms with E-state index in [1.807, 2.05) is 6.92 Å². The minimum Gasteiger partial charge on any atom is -0.478 e. The highest BCUT2D eigenvalue weighted by molar-refractivity contribution is 7.89. The van der Waals surface area contributed by atoms with E-state index in [4.69, 9.17) is 4.74 Å². The molecule has 0 spiro atoms. The van der Waals surface area contributed by atoms with E-state index in [0.717, 1.165) is 18.4 Å². The van der Waals surface area contributed by atoms with Gasteiger partial charge in [-0.05, 0) is 42.7 Å². The largest absolute Gasteiger partial charge is 0.478 e. The summed E-state index contributed by atoms with van der Waals surface area (Å²) in [5.74, 6) is 0.237. The first-order chi connectivity index (χ1) is 12.5. The number of hydrogen-bond donors (Lipinski definition) is 2. The fourth-order valence-electron chi connectivity index (χ4n) is 2.64. The monoisotopic (exact) mass is 375 g/mol. The SMILES string of the molecule is CCCCC1Oc2ccc(S(=O)(=O)NCc3cccnc3)cc2NC1=O. The molecule has 0 saturated carbocycles. The van der Waals surface area contributed by atoms with Crippen molar-refractivity contribution in [1.82, 2.24) is 9.71 Å². The van der Waals surface area contributed by atoms with Crippen LogP contribution >= 0.6 is 0 Å². The molecule has 1 unspecified atom stereocenters. The van der Waals surface area contributed by atoms with Gasteiger partial charge in [0.05, 0.1) is 10.6 Å². The summed E-state index contributed by atoms with van der Waals surface area (Å²) in [4.78, 5) is 16.1. The van der Waals surface area contributed by atoms with Gasteiger partial charge < -0.3 is 10.1 Å². The fraction of sp³-hybridized carbons (Fsp3) is 0.333. The molecule has 1 aliphatic rings. The Kier molecular flexibility index (Phi) is 5.53. The van der Waals surface area contributed by atoms with Crippen LogP contribution in [0.15, 0.2) is 47.6 Å². The molecule has 3 rings (SSSR count). The molecule has 1 aliphatic heterocycles. The lowest BCUT2D eigenvalue weighted by molar-refractivity contribution is -0.123. The van der Waals surface area contributed by atoms with Gasteiger partial charge in [-0.25, -0.2) is 13.1 Å². The van der Waals surface area contributed by atoms with Gasteiger partial charge in [0.2, 0.25) is 10.0 Å². The van der Waals surface area contributed by atoms with E-state index in [-0.39, 0.29) is 17.3 Å². The molecule has 0 fully saturated rings. The van der Waals surface area contributed by atoms with Crippen molar-refractivity contribution in [2.45, 2.75) is 43.7 Å². The number of hydrogen-bond acceptors (Lipinski definition) is 5. The van der Waals surface area contributed by atoms with Gasteiger partial charge in [-0.15, -0.1) is 0 Å². The van der Waals surface area contributed by atoms with Crippen molar-refractivity contribution in [3.8, 4) is 5.75 Å². The second kappa shape index (κ2) is 7.84. The van der Waals surface area contributed by atoms with Crippen LogP contribution in [0.25, 0.3) is 0 Å². The lowest BCUT2D eigenvalue weighted by Crippen LogP contribution is -2.37. The van der Waals surface area contributed by atoms with Crippen LogP contribution < -0.4 is 14.8 Å². The summed E-state index contributed by atoms with van der Waals surface area (Å²) in [5, 5.41) is 2.74. The standard InChI is InChI=1S/C18H21N3O4S/c1-2-3-6-17-18(22)21-15-10-14(7-8-16(15)25-17)26(23,24)20-12-13-5-4-9-19-11-13/h4-5,7-11,17,20H,2-3,6,12H2,1H3,(H,21,22). The molecule has 0 bridgehead atoms. The molecule has 2 N–H and O–H groups in total. The highest BCUT2D eigenvalue weighted by Gasteiger charge is 2.28. The van der Waals surface area contributed by atoms with Crippen LogP contribution in [0.1, 0.15) is 31.7 Å². The predicted molar refractivity (Wildman–Crippen MR) is 97.3 cm³/mol. The van der Waals surface area contributed by atoms with E-state index in [1.165, 1.54) is 12.1 Å². The van der Waals surface area contributed by atoms with Crippen molar-refractivity contribution < 1.29 is 17.9 Å². The number of carbonyl (C=O) groups excluding carboxylic acids is 1. The molecule has 0 radical (unpaired) electrons. The summed E-state index contributed by atoms with van der Waals surface area (Å²) in [6.45, 7) is 2.18. The molecule has 138 valence electrons. The van der Waals surface area contributed by atoms with Crippen molar-refractivity contribution in [3.05, 3.63) is 48.3 Å². The quantitative estimate of drug-likeness (QED) is 0.775. The van der Waals surface area contributed by atoms with Crippen LogP contribution in [-0.2, 0) is 21.4 Å². The Morgan fingerprint density at radius 2 is 2.15 bits per heavy atom. The Morgan fingerprint density at radius 1 is 1.31 bits per heavy atom. The van der Waals surface area contributed by atoms with Gasteiger partial charge in [-0.1, -0.05) is 19.4 Å². The van der Waals surface area contributed by atoms with Crippen LogP contribution in [0, 0.1) is 0 Å². The van der Waals surface area contributed by atoms with Crippen molar-refractivity contribution in [2.75, 3.05) is 5.32 Å². The number of fused-ring (bicyclic) bond motifs is 1. The molecule has 1 amide bonds. The molecule has 2 aromatic rings. The molecule has 8 heteroatoms. The average Bonchev–Trinajstić information content (AvgIpc) is 2.65. The summed E-state index contributed by atoms with van der Waals surface area (Å²) in [6.07, 6.45) is 5.18. The maximum absolute atomic E-state index is 12.5. The van der Waals surface area contributed by atoms with Crippen LogP contribution in [-0.4, -0.2) is 25.4 Å². The maximum Gasteiger partial charge on any atom is 0.265 e. The van der Waals surface area contributed by atoms with Gasteiger partial charge in [-0.3, -0.25) is 9.78 Å². The van der Waals surface area contributed by atoms with Crippen molar-refractivity contribution in [3.63, 3.8) is 0 Å². The third-order valence-corrected chi connectivity index (χ3v) is 5.49. The first-order valence-corrected chi connectivity index (χ1v) is 9.98. The number of nitrogens with one attached hydrogen (secondary N) is 2. The number of unbranched alkanes of at least 4 members (excludes halogenated alkanes) is 1. The van der Waals surface area contributed by atoms with Crippen LogP contribution in [0.3, 0.4) is 0 Å². The third kappa shape index (κ3) is 4.20. The zero-order valence-electron chi connectivity index (χ0n) is 14.4. The number of amides is 1. The molecular formula is C18H21N3O4S. The number of ether oxygens (including phenoxy) is 1. The van der Waals surface area contributed by atoms with E-state index < -0.39 is 16.1 Å². The lowest BCUT2D eigenvalue weighted by atomic mass is 10.1. The molecule has 0 aliphatic carbocycles. The number of nitrogens with zero attached hydrogens (tertiary/aromatic N) is 1. The Morgan fingerprint density at radius 3 is 2.88 bits per heavy atom. The molecule has 7 nitrogen and oxygen atoms in total. The second-order valence-electron chi connectivity index (χ2n) is 6.08. The summed E-state index contributed by atoms with van der Waals surface area (Å²) in [5.41, 5.74) is 1.12. The zero-order chi connectivity index (χ0) is 18.6. The minimum absolute atomic E-state index is 0.0658. The Balaban J connectivity index is 1.74. The number of pyridine rings is 1. The van der Waals surface area contributed by atoms with Crippen LogP contribution in [0.4, 0.5) is 5.69 Å². The zero-order valence-corrected chi connectivity index (χ0v) is 15.3. The number of carbonyl (C=O) groups is 1. The van der Waals surface area contributed by atoms with Gasteiger partial charge in [0.15, 0.2) is 6.10 Å². The van der Waals surface area contributed by atoms with E-state index >= 15 is 0 Å². The van der Waals surface area contributed by atoms with E-state index in [1.54, 1.807) is 30.6 Å². The average molecular weight is 375 g/mol. The first kappa shape index (κ1) is 18.3. The number of aromatic nitrogens is 1. The fourth-order valence-corrected chi connectivity index (χ4v) is 3.68. The van der Waals surface area contributed by atoms with Crippen LogP contribution in [0.5, 0.6) is 5.75 Å². The topological polar surface area (TPSA) is 97.4 Å². The summed E-state index contributed by atoms with van der Waals surface area (Å²) in [7, 11) is -3.72. The number of rotatable bonds is 7. The van der Waals surface area contributed by atoms with Crippen molar-refractivity contribution in [2.24, 2.45) is 0 Å². The van der Waals surface area contributed by atoms with Gasteiger partial charge in [0, 0.05) is 18.9 Å². The van der Waals surface area contributed by atoms with Gasteiger partial charge >= 0.3 is 0 Å². The summed E-state index contributed by atoms with van der Waals surface area (Å²) >= 11 is 0. The maximum atomic E-state index is 12.5. The molecular weight excluding hydrogens is 354 g/mol. The van der Waals surface area contributed by atoms with Crippen LogP contribution in [0.2, 0.25) is 0 Å². The highest BCUT2D eigenvalue weighted by atomic mass is 32.2. The third-order valence-electron chi connectivity index (χ3n) is 4.09. The molecule has 1 aromatic carbocycles. The Labute approximate surface area is 152 Å². The molecule has 1 aromatic heterocycles. The normalized spacial score (nSPS) is 16.5. The van der Waals surface area contributed by atoms with Crippen molar-refractivity contribution in [1.29, 1.82) is 0 Å². The summed E-state index contributed by atoms with van der Waals surface area (Å²) < 4.78 is 33.2. The van der Waals surface area contributed by atoms with E-state index in [0.29, 0.717) is 17.9 Å². The lowest BCUT2D eigenvalue weighted by Gasteiger charge is -2.26. The van der Waals surface area contributed by atoms with Gasteiger partial charge in [0.1, 0.15) is 5.75 Å². The van der Waals surface area contributed by atoms with E-state index in [9.17, 15) is 13.2 Å². The number of benzene rings is 1. The second-order valence-corrected chi connectivity index (χ2v) is 7.85. The van der Waals surface area contributed by atoms with Gasteiger partial charge in [0.25, 0.3) is 5.91 Å². The molecule has 0 saturated heterocycles. The molecule has 2 heterocycles. The molecule has 26 heavy (non-hydrogen) atoms. The number of sulfonamides is 1. The Bertz CT molecular complexity index is 885. The van der Waals surface area contributed by atoms with Gasteiger partial charge in [-0.2, -0.15) is 0 Å². The smallest absolute Gasteiger partial charge is 0.265 e. The first-order valence-electron chi connectivity index (χ1n) is 8.50. The number of anilines is 1. The Hall–Kier alpha value is -2.45. The minimum atomic E-state index is -3.72. The summed E-state index contributed by atoms with van der Waals surface area (Å²) in [6, 6.07) is 7.98.